The van der Waals surface area contributed by atoms with Crippen molar-refractivity contribution < 1.29 is 19.0 Å². The summed E-state index contributed by atoms with van der Waals surface area (Å²) >= 11 is 0. The Morgan fingerprint density at radius 3 is 2.63 bits per heavy atom. The SMILES string of the molecule is COCCCOCCOC(=O)C1(C(C)C)CCNC1. The number of hydrogen-bond acceptors (Lipinski definition) is 5. The van der Waals surface area contributed by atoms with Crippen LogP contribution in [0.5, 0.6) is 0 Å². The number of rotatable bonds is 9. The van der Waals surface area contributed by atoms with E-state index >= 15 is 0 Å². The van der Waals surface area contributed by atoms with Gasteiger partial charge in [0, 0.05) is 26.9 Å². The first-order valence-electron chi connectivity index (χ1n) is 7.08. The lowest BCUT2D eigenvalue weighted by Gasteiger charge is -2.29. The molecule has 1 fully saturated rings. The van der Waals surface area contributed by atoms with Gasteiger partial charge in [0.2, 0.25) is 0 Å². The van der Waals surface area contributed by atoms with Crippen LogP contribution in [0.1, 0.15) is 26.7 Å². The fourth-order valence-corrected chi connectivity index (χ4v) is 2.36. The summed E-state index contributed by atoms with van der Waals surface area (Å²) in [6.45, 7) is 7.89. The van der Waals surface area contributed by atoms with Crippen LogP contribution in [0.3, 0.4) is 0 Å². The molecule has 1 rings (SSSR count). The van der Waals surface area contributed by atoms with Gasteiger partial charge in [-0.2, -0.15) is 0 Å². The number of carbonyl (C=O) groups excluding carboxylic acids is 1. The number of hydrogen-bond donors (Lipinski definition) is 1. The van der Waals surface area contributed by atoms with Crippen molar-refractivity contribution in [1.29, 1.82) is 0 Å². The normalized spacial score (nSPS) is 22.9. The minimum absolute atomic E-state index is 0.0898. The highest BCUT2D eigenvalue weighted by Gasteiger charge is 2.45. The molecule has 0 spiro atoms. The summed E-state index contributed by atoms with van der Waals surface area (Å²) in [5.74, 6) is 0.200. The minimum Gasteiger partial charge on any atom is -0.463 e. The highest BCUT2D eigenvalue weighted by Crippen LogP contribution is 2.35. The van der Waals surface area contributed by atoms with Gasteiger partial charge in [0.05, 0.1) is 12.0 Å². The molecular formula is C14H27NO4. The van der Waals surface area contributed by atoms with E-state index in [1.54, 1.807) is 7.11 Å². The Bertz CT molecular complexity index is 262. The predicted octanol–water partition coefficient (Wildman–Crippen LogP) is 1.22. The molecule has 0 bridgehead atoms. The number of carbonyl (C=O) groups is 1. The van der Waals surface area contributed by atoms with Gasteiger partial charge in [-0.3, -0.25) is 4.79 Å². The standard InChI is InChI=1S/C14H27NO4/c1-12(2)14(5-6-15-11-14)13(16)19-10-9-18-8-4-7-17-3/h12,15H,4-11H2,1-3H3. The molecular weight excluding hydrogens is 246 g/mol. The Morgan fingerprint density at radius 2 is 2.05 bits per heavy atom. The summed E-state index contributed by atoms with van der Waals surface area (Å²) in [6.07, 6.45) is 1.72. The first-order valence-corrected chi connectivity index (χ1v) is 7.08. The third kappa shape index (κ3) is 4.75. The molecule has 5 heteroatoms. The molecule has 0 aromatic rings. The Labute approximate surface area is 116 Å². The van der Waals surface area contributed by atoms with Gasteiger partial charge in [0.25, 0.3) is 0 Å². The Hall–Kier alpha value is -0.650. The fourth-order valence-electron chi connectivity index (χ4n) is 2.36. The zero-order valence-corrected chi connectivity index (χ0v) is 12.4. The van der Waals surface area contributed by atoms with E-state index in [0.29, 0.717) is 26.4 Å². The van der Waals surface area contributed by atoms with Crippen LogP contribution in [0.4, 0.5) is 0 Å². The summed E-state index contributed by atoms with van der Waals surface area (Å²) < 4.78 is 15.7. The van der Waals surface area contributed by atoms with Crippen LogP contribution in [0, 0.1) is 11.3 Å². The van der Waals surface area contributed by atoms with Crippen molar-refractivity contribution in [2.24, 2.45) is 11.3 Å². The van der Waals surface area contributed by atoms with Gasteiger partial charge in [-0.25, -0.2) is 0 Å². The second-order valence-corrected chi connectivity index (χ2v) is 5.33. The van der Waals surface area contributed by atoms with Crippen molar-refractivity contribution in [2.75, 3.05) is 46.6 Å². The van der Waals surface area contributed by atoms with Crippen molar-refractivity contribution in [3.05, 3.63) is 0 Å². The van der Waals surface area contributed by atoms with Gasteiger partial charge in [-0.15, -0.1) is 0 Å². The zero-order valence-electron chi connectivity index (χ0n) is 12.4. The van der Waals surface area contributed by atoms with E-state index in [9.17, 15) is 4.79 Å². The Kier molecular flexibility index (Phi) is 7.34. The van der Waals surface area contributed by atoms with Gasteiger partial charge in [-0.1, -0.05) is 13.8 Å². The van der Waals surface area contributed by atoms with E-state index in [2.05, 4.69) is 19.2 Å². The molecule has 112 valence electrons. The van der Waals surface area contributed by atoms with Crippen molar-refractivity contribution in [3.63, 3.8) is 0 Å². The molecule has 1 heterocycles. The molecule has 0 saturated carbocycles. The molecule has 0 aliphatic carbocycles. The topological polar surface area (TPSA) is 56.8 Å². The average molecular weight is 273 g/mol. The van der Waals surface area contributed by atoms with Crippen molar-refractivity contribution in [2.45, 2.75) is 26.7 Å². The quantitative estimate of drug-likeness (QED) is 0.505. The molecule has 19 heavy (non-hydrogen) atoms. The number of methoxy groups -OCH3 is 1. The van der Waals surface area contributed by atoms with Crippen LogP contribution in [0.2, 0.25) is 0 Å². The Morgan fingerprint density at radius 1 is 1.26 bits per heavy atom. The molecule has 1 atom stereocenters. The van der Waals surface area contributed by atoms with Crippen LogP contribution in [0.25, 0.3) is 0 Å². The first-order chi connectivity index (χ1) is 9.13. The summed E-state index contributed by atoms with van der Waals surface area (Å²) in [6, 6.07) is 0. The van der Waals surface area contributed by atoms with Crippen LogP contribution < -0.4 is 5.32 Å². The fraction of sp³-hybridized carbons (Fsp3) is 0.929. The monoisotopic (exact) mass is 273 g/mol. The molecule has 0 aromatic carbocycles. The van der Waals surface area contributed by atoms with E-state index in [-0.39, 0.29) is 17.3 Å². The van der Waals surface area contributed by atoms with Gasteiger partial charge in [-0.05, 0) is 25.3 Å². The predicted molar refractivity (Wildman–Crippen MR) is 73.0 cm³/mol. The second kappa shape index (κ2) is 8.51. The van der Waals surface area contributed by atoms with E-state index in [4.69, 9.17) is 14.2 Å². The number of ether oxygens (including phenoxy) is 3. The molecule has 1 aliphatic rings. The lowest BCUT2D eigenvalue weighted by Crippen LogP contribution is -2.40. The summed E-state index contributed by atoms with van der Waals surface area (Å²) in [4.78, 5) is 12.2. The van der Waals surface area contributed by atoms with E-state index in [0.717, 1.165) is 25.9 Å². The minimum atomic E-state index is -0.351. The average Bonchev–Trinajstić information content (AvgIpc) is 2.88. The molecule has 1 N–H and O–H groups in total. The zero-order chi connectivity index (χ0) is 14.1. The van der Waals surface area contributed by atoms with Crippen molar-refractivity contribution in [3.8, 4) is 0 Å². The van der Waals surface area contributed by atoms with Crippen LogP contribution in [-0.2, 0) is 19.0 Å². The third-order valence-electron chi connectivity index (χ3n) is 3.80. The first kappa shape index (κ1) is 16.4. The molecule has 1 unspecified atom stereocenters. The maximum absolute atomic E-state index is 12.2. The van der Waals surface area contributed by atoms with Crippen molar-refractivity contribution in [1.82, 2.24) is 5.32 Å². The molecule has 1 saturated heterocycles. The Balaban J connectivity index is 2.19. The lowest BCUT2D eigenvalue weighted by atomic mass is 9.76. The smallest absolute Gasteiger partial charge is 0.313 e. The van der Waals surface area contributed by atoms with E-state index in [1.165, 1.54) is 0 Å². The highest BCUT2D eigenvalue weighted by atomic mass is 16.6. The van der Waals surface area contributed by atoms with Crippen LogP contribution >= 0.6 is 0 Å². The van der Waals surface area contributed by atoms with Crippen LogP contribution in [0.15, 0.2) is 0 Å². The molecule has 0 radical (unpaired) electrons. The van der Waals surface area contributed by atoms with E-state index < -0.39 is 0 Å². The van der Waals surface area contributed by atoms with Gasteiger partial charge in [0.15, 0.2) is 0 Å². The maximum Gasteiger partial charge on any atom is 0.313 e. The van der Waals surface area contributed by atoms with Gasteiger partial charge >= 0.3 is 5.97 Å². The maximum atomic E-state index is 12.2. The van der Waals surface area contributed by atoms with Crippen LogP contribution in [-0.4, -0.2) is 52.6 Å². The summed E-state index contributed by atoms with van der Waals surface area (Å²) in [7, 11) is 1.67. The largest absolute Gasteiger partial charge is 0.463 e. The molecule has 1 aliphatic heterocycles. The lowest BCUT2D eigenvalue weighted by molar-refractivity contribution is -0.159. The van der Waals surface area contributed by atoms with Crippen molar-refractivity contribution >= 4 is 5.97 Å². The number of esters is 1. The molecule has 0 amide bonds. The van der Waals surface area contributed by atoms with E-state index in [1.807, 2.05) is 0 Å². The third-order valence-corrected chi connectivity index (χ3v) is 3.80. The van der Waals surface area contributed by atoms with Gasteiger partial charge in [0.1, 0.15) is 6.61 Å². The number of nitrogens with one attached hydrogen (secondary N) is 1. The van der Waals surface area contributed by atoms with Gasteiger partial charge < -0.3 is 19.5 Å². The molecule has 0 aromatic heterocycles. The molecule has 5 nitrogen and oxygen atoms in total. The summed E-state index contributed by atoms with van der Waals surface area (Å²) in [5, 5.41) is 3.25. The summed E-state index contributed by atoms with van der Waals surface area (Å²) in [5.41, 5.74) is -0.351. The second-order valence-electron chi connectivity index (χ2n) is 5.33. The highest BCUT2D eigenvalue weighted by molar-refractivity contribution is 5.78.